The average Bonchev–Trinajstić information content (AvgIpc) is 2.60. The third kappa shape index (κ3) is 2.94. The molecule has 0 unspecified atom stereocenters. The van der Waals surface area contributed by atoms with Crippen molar-refractivity contribution >= 4 is 11.0 Å². The van der Waals surface area contributed by atoms with E-state index in [0.717, 1.165) is 24.0 Å². The van der Waals surface area contributed by atoms with Crippen molar-refractivity contribution in [1.82, 2.24) is 0 Å². The maximum Gasteiger partial charge on any atom is 0.204 e. The molecule has 8 heteroatoms. The van der Waals surface area contributed by atoms with Gasteiger partial charge in [-0.05, 0) is 19.8 Å². The summed E-state index contributed by atoms with van der Waals surface area (Å²) in [7, 11) is 0. The van der Waals surface area contributed by atoms with Crippen LogP contribution in [0.15, 0.2) is 39.8 Å². The number of rotatable bonds is 4. The standard InChI is InChI=1S/C20H18O8/c1-8(2)3-4-9-11(21)5-12(22)15(17(9)25)10-7-28-20-16(18(10)26)13(23)6-14(24)19(20)27/h5-7,21-25,27H,1,3-4H2,2H3. The highest BCUT2D eigenvalue weighted by atomic mass is 16.4. The van der Waals surface area contributed by atoms with E-state index < -0.39 is 45.1 Å². The van der Waals surface area contributed by atoms with Gasteiger partial charge in [0.15, 0.2) is 11.3 Å². The van der Waals surface area contributed by atoms with Crippen LogP contribution in [0.25, 0.3) is 22.1 Å². The number of fused-ring (bicyclic) bond motifs is 1. The molecule has 2 aromatic carbocycles. The maximum atomic E-state index is 12.9. The van der Waals surface area contributed by atoms with Gasteiger partial charge in [0.05, 0.1) is 11.1 Å². The topological polar surface area (TPSA) is 152 Å². The highest BCUT2D eigenvalue weighted by Gasteiger charge is 2.24. The lowest BCUT2D eigenvalue weighted by Gasteiger charge is -2.14. The third-order valence-corrected chi connectivity index (χ3v) is 4.41. The van der Waals surface area contributed by atoms with Crippen LogP contribution in [0.1, 0.15) is 18.9 Å². The van der Waals surface area contributed by atoms with Crippen molar-refractivity contribution in [3.8, 4) is 45.6 Å². The lowest BCUT2D eigenvalue weighted by molar-refractivity contribution is 0.393. The molecule has 3 rings (SSSR count). The molecule has 0 saturated heterocycles. The molecule has 0 fully saturated rings. The summed E-state index contributed by atoms with van der Waals surface area (Å²) in [6.07, 6.45) is 1.53. The number of hydrogen-bond donors (Lipinski definition) is 6. The molecule has 0 aliphatic rings. The number of phenols is 6. The zero-order valence-corrected chi connectivity index (χ0v) is 14.9. The summed E-state index contributed by atoms with van der Waals surface area (Å²) in [5.41, 5.74) is -1.01. The van der Waals surface area contributed by atoms with Crippen LogP contribution >= 0.6 is 0 Å². The Morgan fingerprint density at radius 2 is 1.61 bits per heavy atom. The van der Waals surface area contributed by atoms with Crippen molar-refractivity contribution in [3.63, 3.8) is 0 Å². The molecule has 3 aromatic rings. The fraction of sp³-hybridized carbons (Fsp3) is 0.150. The summed E-state index contributed by atoms with van der Waals surface area (Å²) >= 11 is 0. The molecule has 146 valence electrons. The smallest absolute Gasteiger partial charge is 0.204 e. The summed E-state index contributed by atoms with van der Waals surface area (Å²) in [6, 6.07) is 1.76. The number of benzene rings is 2. The molecule has 1 heterocycles. The largest absolute Gasteiger partial charge is 0.507 e. The lowest BCUT2D eigenvalue weighted by atomic mass is 9.96. The van der Waals surface area contributed by atoms with E-state index in [1.54, 1.807) is 6.92 Å². The minimum Gasteiger partial charge on any atom is -0.507 e. The molecule has 1 aromatic heterocycles. The van der Waals surface area contributed by atoms with Gasteiger partial charge in [-0.3, -0.25) is 4.79 Å². The van der Waals surface area contributed by atoms with Gasteiger partial charge in [-0.2, -0.15) is 0 Å². The molecule has 6 N–H and O–H groups in total. The Bertz CT molecular complexity index is 1170. The maximum absolute atomic E-state index is 12.9. The van der Waals surface area contributed by atoms with Gasteiger partial charge in [0.25, 0.3) is 0 Å². The number of aromatic hydroxyl groups is 6. The lowest BCUT2D eigenvalue weighted by Crippen LogP contribution is -2.06. The molecule has 0 amide bonds. The Hall–Kier alpha value is -3.81. The van der Waals surface area contributed by atoms with Gasteiger partial charge in [-0.15, -0.1) is 6.58 Å². The van der Waals surface area contributed by atoms with Crippen LogP contribution in [-0.2, 0) is 6.42 Å². The SMILES string of the molecule is C=C(C)CCc1c(O)cc(O)c(-c2coc3c(O)c(O)cc(O)c3c2=O)c1O. The van der Waals surface area contributed by atoms with Crippen molar-refractivity contribution in [2.75, 3.05) is 0 Å². The third-order valence-electron chi connectivity index (χ3n) is 4.41. The Labute approximate surface area is 158 Å². The summed E-state index contributed by atoms with van der Waals surface area (Å²) in [5.74, 6) is -3.52. The second-order valence-electron chi connectivity index (χ2n) is 6.52. The van der Waals surface area contributed by atoms with E-state index in [2.05, 4.69) is 6.58 Å². The first-order chi connectivity index (χ1) is 13.1. The van der Waals surface area contributed by atoms with Crippen LogP contribution in [0.3, 0.4) is 0 Å². The van der Waals surface area contributed by atoms with Gasteiger partial charge >= 0.3 is 0 Å². The molecular formula is C20H18O8. The zero-order chi connectivity index (χ0) is 20.7. The minimum absolute atomic E-state index is 0.105. The van der Waals surface area contributed by atoms with Crippen molar-refractivity contribution in [3.05, 3.63) is 46.3 Å². The summed E-state index contributed by atoms with van der Waals surface area (Å²) in [6.45, 7) is 5.53. The van der Waals surface area contributed by atoms with E-state index in [1.165, 1.54) is 0 Å². The van der Waals surface area contributed by atoms with Crippen LogP contribution < -0.4 is 5.43 Å². The predicted molar refractivity (Wildman–Crippen MR) is 101 cm³/mol. The highest BCUT2D eigenvalue weighted by Crippen LogP contribution is 2.45. The first-order valence-corrected chi connectivity index (χ1v) is 8.24. The molecule has 0 aliphatic carbocycles. The molecular weight excluding hydrogens is 368 g/mol. The number of hydrogen-bond acceptors (Lipinski definition) is 8. The Kier molecular flexibility index (Phi) is 4.56. The van der Waals surface area contributed by atoms with Crippen molar-refractivity contribution in [1.29, 1.82) is 0 Å². The van der Waals surface area contributed by atoms with E-state index in [4.69, 9.17) is 4.42 Å². The first-order valence-electron chi connectivity index (χ1n) is 8.24. The molecule has 0 bridgehead atoms. The monoisotopic (exact) mass is 386 g/mol. The first kappa shape index (κ1) is 19.0. The van der Waals surface area contributed by atoms with Crippen molar-refractivity contribution in [2.24, 2.45) is 0 Å². The molecule has 0 atom stereocenters. The van der Waals surface area contributed by atoms with Crippen LogP contribution in [0.2, 0.25) is 0 Å². The van der Waals surface area contributed by atoms with E-state index in [1.807, 2.05) is 0 Å². The summed E-state index contributed by atoms with van der Waals surface area (Å²) in [5, 5.41) is 59.8. The fourth-order valence-electron chi connectivity index (χ4n) is 2.97. The second-order valence-corrected chi connectivity index (χ2v) is 6.52. The normalized spacial score (nSPS) is 11.0. The van der Waals surface area contributed by atoms with Crippen LogP contribution in [0, 0.1) is 0 Å². The highest BCUT2D eigenvalue weighted by molar-refractivity contribution is 5.94. The van der Waals surface area contributed by atoms with E-state index in [9.17, 15) is 35.4 Å². The Morgan fingerprint density at radius 3 is 2.25 bits per heavy atom. The molecule has 8 nitrogen and oxygen atoms in total. The van der Waals surface area contributed by atoms with Crippen LogP contribution in [0.4, 0.5) is 0 Å². The Morgan fingerprint density at radius 1 is 0.964 bits per heavy atom. The van der Waals surface area contributed by atoms with Gasteiger partial charge in [-0.25, -0.2) is 0 Å². The molecule has 28 heavy (non-hydrogen) atoms. The quantitative estimate of drug-likeness (QED) is 0.227. The van der Waals surface area contributed by atoms with Gasteiger partial charge in [0, 0.05) is 17.7 Å². The van der Waals surface area contributed by atoms with Crippen LogP contribution in [-0.4, -0.2) is 30.6 Å². The van der Waals surface area contributed by atoms with Gasteiger partial charge in [0.2, 0.25) is 11.2 Å². The molecule has 0 spiro atoms. The number of allylic oxidation sites excluding steroid dienone is 1. The van der Waals surface area contributed by atoms with Gasteiger partial charge in [0.1, 0.15) is 34.6 Å². The summed E-state index contributed by atoms with van der Waals surface area (Å²) < 4.78 is 5.18. The second kappa shape index (κ2) is 6.73. The molecule has 0 radical (unpaired) electrons. The van der Waals surface area contributed by atoms with Gasteiger partial charge < -0.3 is 35.1 Å². The predicted octanol–water partition coefficient (Wildman–Crippen LogP) is 3.20. The van der Waals surface area contributed by atoms with E-state index in [-0.39, 0.29) is 28.9 Å². The van der Waals surface area contributed by atoms with E-state index >= 15 is 0 Å². The van der Waals surface area contributed by atoms with Crippen LogP contribution in [0.5, 0.6) is 34.5 Å². The van der Waals surface area contributed by atoms with Gasteiger partial charge in [-0.1, -0.05) is 5.57 Å². The Balaban J connectivity index is 2.31. The average molecular weight is 386 g/mol. The van der Waals surface area contributed by atoms with E-state index in [0.29, 0.717) is 6.42 Å². The fourth-order valence-corrected chi connectivity index (χ4v) is 2.97. The zero-order valence-electron chi connectivity index (χ0n) is 14.9. The summed E-state index contributed by atoms with van der Waals surface area (Å²) in [4.78, 5) is 12.9. The van der Waals surface area contributed by atoms with Crippen molar-refractivity contribution in [2.45, 2.75) is 19.8 Å². The molecule has 0 saturated carbocycles. The number of phenolic OH excluding ortho intramolecular Hbond substituents is 6. The molecule has 0 aliphatic heterocycles. The minimum atomic E-state index is -0.865. The van der Waals surface area contributed by atoms with Crippen molar-refractivity contribution < 1.29 is 35.1 Å².